The molecule has 1 aliphatic heterocycles. The molecule has 0 saturated heterocycles. The van der Waals surface area contributed by atoms with Crippen LogP contribution in [0.2, 0.25) is 0 Å². The Kier molecular flexibility index (Phi) is 4.21. The Balaban J connectivity index is 1.80. The molecule has 0 spiro atoms. The van der Waals surface area contributed by atoms with Crippen molar-refractivity contribution in [1.29, 1.82) is 0 Å². The van der Waals surface area contributed by atoms with Crippen molar-refractivity contribution in [3.05, 3.63) is 51.3 Å². The van der Waals surface area contributed by atoms with Crippen molar-refractivity contribution in [2.45, 2.75) is 45.1 Å². The van der Waals surface area contributed by atoms with Crippen LogP contribution in [0.25, 0.3) is 9.88 Å². The van der Waals surface area contributed by atoms with Gasteiger partial charge in [-0.25, -0.2) is 13.4 Å². The smallest absolute Gasteiger partial charge is 0.263 e. The van der Waals surface area contributed by atoms with E-state index >= 15 is 0 Å². The highest BCUT2D eigenvalue weighted by atomic mass is 32.2. The fraction of sp³-hybridized carbons (Fsp3) is 0.316. The highest BCUT2D eigenvalue weighted by Gasteiger charge is 2.37. The molecule has 7 heteroatoms. The lowest BCUT2D eigenvalue weighted by molar-refractivity contribution is 0.584. The van der Waals surface area contributed by atoms with E-state index in [9.17, 15) is 8.42 Å². The molecule has 26 heavy (non-hydrogen) atoms. The van der Waals surface area contributed by atoms with Crippen LogP contribution in [0.5, 0.6) is 0 Å². The second kappa shape index (κ2) is 6.18. The zero-order valence-electron chi connectivity index (χ0n) is 15.1. The largest absolute Gasteiger partial charge is 0.265 e. The molecule has 4 rings (SSSR count). The zero-order valence-corrected chi connectivity index (χ0v) is 17.6. The molecule has 136 valence electrons. The van der Waals surface area contributed by atoms with Crippen molar-refractivity contribution in [3.8, 4) is 9.88 Å². The molecule has 3 heterocycles. The van der Waals surface area contributed by atoms with Crippen molar-refractivity contribution < 1.29 is 8.42 Å². The van der Waals surface area contributed by atoms with Crippen LogP contribution in [0.3, 0.4) is 0 Å². The molecule has 0 saturated carbocycles. The summed E-state index contributed by atoms with van der Waals surface area (Å²) in [5.41, 5.74) is 2.89. The summed E-state index contributed by atoms with van der Waals surface area (Å²) in [6, 6.07) is 9.47. The number of benzene rings is 1. The molecule has 2 aromatic heterocycles. The summed E-state index contributed by atoms with van der Waals surface area (Å²) in [7, 11) is -3.60. The van der Waals surface area contributed by atoms with E-state index in [1.165, 1.54) is 11.3 Å². The molecule has 0 unspecified atom stereocenters. The quantitative estimate of drug-likeness (QED) is 0.621. The first-order chi connectivity index (χ1) is 12.3. The SMILES string of the molecule is Cc1nc(-c2cc(S(=O)(=O)N3c4ccccc4C[C@H]3C)c(C)s2)sc1C. The van der Waals surface area contributed by atoms with Gasteiger partial charge in [0.15, 0.2) is 0 Å². The van der Waals surface area contributed by atoms with E-state index in [4.69, 9.17) is 0 Å². The minimum Gasteiger partial charge on any atom is -0.263 e. The maximum Gasteiger partial charge on any atom is 0.265 e. The van der Waals surface area contributed by atoms with Crippen LogP contribution < -0.4 is 4.31 Å². The predicted molar refractivity (Wildman–Crippen MR) is 109 cm³/mol. The van der Waals surface area contributed by atoms with Gasteiger partial charge in [-0.1, -0.05) is 18.2 Å². The molecule has 0 N–H and O–H groups in total. The van der Waals surface area contributed by atoms with Gasteiger partial charge in [-0.2, -0.15) is 0 Å². The molecule has 4 nitrogen and oxygen atoms in total. The maximum absolute atomic E-state index is 13.5. The van der Waals surface area contributed by atoms with Crippen molar-refractivity contribution in [2.24, 2.45) is 0 Å². The number of nitrogens with zero attached hydrogens (tertiary/aromatic N) is 2. The minimum atomic E-state index is -3.60. The molecule has 0 amide bonds. The average Bonchev–Trinajstić information content (AvgIpc) is 3.23. The van der Waals surface area contributed by atoms with Crippen LogP contribution in [0.15, 0.2) is 35.2 Å². The lowest BCUT2D eigenvalue weighted by Gasteiger charge is -2.24. The van der Waals surface area contributed by atoms with Crippen LogP contribution in [0.1, 0.15) is 27.9 Å². The first-order valence-electron chi connectivity index (χ1n) is 8.46. The number of fused-ring (bicyclic) bond motifs is 1. The van der Waals surface area contributed by atoms with Crippen LogP contribution in [0, 0.1) is 20.8 Å². The van der Waals surface area contributed by atoms with Crippen molar-refractivity contribution in [3.63, 3.8) is 0 Å². The Morgan fingerprint density at radius 3 is 2.54 bits per heavy atom. The first kappa shape index (κ1) is 17.7. The van der Waals surface area contributed by atoms with Gasteiger partial charge in [-0.3, -0.25) is 4.31 Å². The van der Waals surface area contributed by atoms with E-state index in [1.54, 1.807) is 21.7 Å². The van der Waals surface area contributed by atoms with Crippen molar-refractivity contribution in [2.75, 3.05) is 4.31 Å². The number of thiophene rings is 1. The molecule has 0 bridgehead atoms. The van der Waals surface area contributed by atoms with Gasteiger partial charge in [-0.15, -0.1) is 22.7 Å². The van der Waals surface area contributed by atoms with E-state index < -0.39 is 10.0 Å². The van der Waals surface area contributed by atoms with E-state index in [0.717, 1.165) is 43.0 Å². The minimum absolute atomic E-state index is 0.0792. The number of thiazole rings is 1. The number of hydrogen-bond acceptors (Lipinski definition) is 5. The number of anilines is 1. The fourth-order valence-electron chi connectivity index (χ4n) is 3.41. The van der Waals surface area contributed by atoms with Gasteiger partial charge in [0.2, 0.25) is 0 Å². The van der Waals surface area contributed by atoms with Gasteiger partial charge < -0.3 is 0 Å². The van der Waals surface area contributed by atoms with E-state index in [2.05, 4.69) is 4.98 Å². The zero-order chi connectivity index (χ0) is 18.6. The van der Waals surface area contributed by atoms with Crippen LogP contribution in [0.4, 0.5) is 5.69 Å². The molecule has 1 aromatic carbocycles. The second-order valence-corrected chi connectivity index (χ2v) is 10.9. The summed E-state index contributed by atoms with van der Waals surface area (Å²) in [5.74, 6) is 0. The molecular formula is C19H20N2O2S3. The molecule has 0 aliphatic carbocycles. The van der Waals surface area contributed by atoms with Gasteiger partial charge in [0.1, 0.15) is 9.90 Å². The Morgan fingerprint density at radius 1 is 1.12 bits per heavy atom. The summed E-state index contributed by atoms with van der Waals surface area (Å²) in [4.78, 5) is 7.87. The Bertz CT molecular complexity index is 1080. The highest BCUT2D eigenvalue weighted by molar-refractivity contribution is 7.93. The molecule has 1 atom stereocenters. The monoisotopic (exact) mass is 404 g/mol. The molecule has 0 fully saturated rings. The lowest BCUT2D eigenvalue weighted by atomic mass is 10.1. The Morgan fingerprint density at radius 2 is 1.85 bits per heavy atom. The number of rotatable bonds is 3. The van der Waals surface area contributed by atoms with Crippen LogP contribution >= 0.6 is 22.7 Å². The molecule has 0 radical (unpaired) electrons. The topological polar surface area (TPSA) is 50.3 Å². The lowest BCUT2D eigenvalue weighted by Crippen LogP contribution is -2.35. The summed E-state index contributed by atoms with van der Waals surface area (Å²) in [6.07, 6.45) is 0.746. The van der Waals surface area contributed by atoms with E-state index in [1.807, 2.05) is 52.0 Å². The fourth-order valence-corrected chi connectivity index (χ4v) is 7.63. The van der Waals surface area contributed by atoms with Gasteiger partial charge in [0.25, 0.3) is 10.0 Å². The Hall–Kier alpha value is -1.70. The number of aromatic nitrogens is 1. The second-order valence-electron chi connectivity index (χ2n) is 6.67. The van der Waals surface area contributed by atoms with Crippen molar-refractivity contribution in [1.82, 2.24) is 4.98 Å². The summed E-state index contributed by atoms with van der Waals surface area (Å²) in [6.45, 7) is 7.86. The van der Waals surface area contributed by atoms with Gasteiger partial charge in [0.05, 0.1) is 16.3 Å². The summed E-state index contributed by atoms with van der Waals surface area (Å²) >= 11 is 3.11. The number of para-hydroxylation sites is 1. The van der Waals surface area contributed by atoms with Gasteiger partial charge in [-0.05, 0) is 51.8 Å². The normalized spacial score (nSPS) is 16.9. The van der Waals surface area contributed by atoms with Crippen LogP contribution in [-0.2, 0) is 16.4 Å². The molecular weight excluding hydrogens is 384 g/mol. The number of hydrogen-bond donors (Lipinski definition) is 0. The number of sulfonamides is 1. The van der Waals surface area contributed by atoms with Crippen LogP contribution in [-0.4, -0.2) is 19.4 Å². The maximum atomic E-state index is 13.5. The average molecular weight is 405 g/mol. The standard InChI is InChI=1S/C19H20N2O2S3/c1-11-9-15-7-5-6-8-16(15)21(11)26(22,23)18-10-17(24-14(18)4)19-20-12(2)13(3)25-19/h5-8,10-11H,9H2,1-4H3/t11-/m1/s1. The van der Waals surface area contributed by atoms with Gasteiger partial charge in [0, 0.05) is 15.8 Å². The third kappa shape index (κ3) is 2.69. The molecule has 3 aromatic rings. The molecule has 1 aliphatic rings. The van der Waals surface area contributed by atoms with E-state index in [-0.39, 0.29) is 6.04 Å². The third-order valence-corrected chi connectivity index (χ3v) is 9.27. The van der Waals surface area contributed by atoms with Gasteiger partial charge >= 0.3 is 0 Å². The predicted octanol–water partition coefficient (Wildman–Crippen LogP) is 4.94. The van der Waals surface area contributed by atoms with Crippen molar-refractivity contribution >= 4 is 38.4 Å². The summed E-state index contributed by atoms with van der Waals surface area (Å²) < 4.78 is 28.5. The summed E-state index contributed by atoms with van der Waals surface area (Å²) in [5, 5.41) is 0.893. The van der Waals surface area contributed by atoms with E-state index in [0.29, 0.717) is 4.90 Å². The first-order valence-corrected chi connectivity index (χ1v) is 11.5. The number of aryl methyl sites for hydroxylation is 3. The Labute approximate surface area is 162 Å². The highest BCUT2D eigenvalue weighted by Crippen LogP contribution is 2.41. The third-order valence-electron chi connectivity index (χ3n) is 4.79.